The molecular weight excluding hydrogens is 170 g/mol. The van der Waals surface area contributed by atoms with Crippen LogP contribution >= 0.6 is 0 Å². The summed E-state index contributed by atoms with van der Waals surface area (Å²) in [5, 5.41) is 2.64. The van der Waals surface area contributed by atoms with Crippen molar-refractivity contribution >= 4 is 11.9 Å². The maximum atomic E-state index is 10.7. The van der Waals surface area contributed by atoms with Crippen molar-refractivity contribution in [2.24, 2.45) is 0 Å². The predicted octanol–water partition coefficient (Wildman–Crippen LogP) is 0.630. The third-order valence-corrected chi connectivity index (χ3v) is 1.56. The van der Waals surface area contributed by atoms with E-state index in [9.17, 15) is 9.59 Å². The molecule has 0 bridgehead atoms. The van der Waals surface area contributed by atoms with Crippen molar-refractivity contribution in [2.45, 2.75) is 25.8 Å². The Kier molecular flexibility index (Phi) is 5.59. The quantitative estimate of drug-likeness (QED) is 0.505. The van der Waals surface area contributed by atoms with E-state index < -0.39 is 0 Å². The molecule has 0 aliphatic rings. The lowest BCUT2D eigenvalue weighted by Gasteiger charge is -2.11. The van der Waals surface area contributed by atoms with Crippen LogP contribution in [-0.2, 0) is 14.3 Å². The molecule has 4 heteroatoms. The number of hydrogen-bond acceptors (Lipinski definition) is 3. The molecule has 0 aromatic heterocycles. The van der Waals surface area contributed by atoms with Crippen LogP contribution in [0.5, 0.6) is 0 Å². The second-order valence-corrected chi connectivity index (χ2v) is 2.66. The van der Waals surface area contributed by atoms with E-state index in [1.54, 1.807) is 6.08 Å². The number of rotatable bonds is 5. The molecule has 13 heavy (non-hydrogen) atoms. The van der Waals surface area contributed by atoms with Crippen LogP contribution in [0, 0.1) is 0 Å². The predicted molar refractivity (Wildman–Crippen MR) is 49.1 cm³/mol. The van der Waals surface area contributed by atoms with Gasteiger partial charge in [-0.1, -0.05) is 6.08 Å². The number of nitrogens with one attached hydrogen (secondary N) is 1. The van der Waals surface area contributed by atoms with Crippen molar-refractivity contribution < 1.29 is 14.3 Å². The molecule has 1 amide bonds. The molecule has 0 heterocycles. The average Bonchev–Trinajstić information content (AvgIpc) is 2.10. The number of carbonyl (C=O) groups is 2. The summed E-state index contributed by atoms with van der Waals surface area (Å²) in [6.07, 6.45) is 2.41. The van der Waals surface area contributed by atoms with E-state index in [0.29, 0.717) is 6.42 Å². The van der Waals surface area contributed by atoms with Gasteiger partial charge in [-0.3, -0.25) is 9.59 Å². The van der Waals surface area contributed by atoms with Crippen molar-refractivity contribution in [3.05, 3.63) is 12.7 Å². The fourth-order valence-electron chi connectivity index (χ4n) is 0.885. The van der Waals surface area contributed by atoms with E-state index >= 15 is 0 Å². The number of methoxy groups -OCH3 is 1. The molecule has 0 rings (SSSR count). The Bertz CT molecular complexity index is 201. The Balaban J connectivity index is 3.78. The Hall–Kier alpha value is -1.32. The van der Waals surface area contributed by atoms with Crippen LogP contribution in [0.4, 0.5) is 0 Å². The highest BCUT2D eigenvalue weighted by molar-refractivity contribution is 5.73. The molecule has 1 unspecified atom stereocenters. The van der Waals surface area contributed by atoms with Gasteiger partial charge in [0.05, 0.1) is 7.11 Å². The molecule has 0 aromatic carbocycles. The Morgan fingerprint density at radius 3 is 2.62 bits per heavy atom. The van der Waals surface area contributed by atoms with Crippen LogP contribution in [0.2, 0.25) is 0 Å². The first kappa shape index (κ1) is 11.7. The first-order chi connectivity index (χ1) is 6.10. The monoisotopic (exact) mass is 185 g/mol. The molecule has 0 aliphatic heterocycles. The summed E-state index contributed by atoms with van der Waals surface area (Å²) in [4.78, 5) is 21.4. The van der Waals surface area contributed by atoms with Crippen LogP contribution in [0.3, 0.4) is 0 Å². The Labute approximate surface area is 78.0 Å². The maximum Gasteiger partial charge on any atom is 0.305 e. The minimum atomic E-state index is -0.280. The van der Waals surface area contributed by atoms with Crippen molar-refractivity contribution in [3.8, 4) is 0 Å². The lowest BCUT2D eigenvalue weighted by Crippen LogP contribution is -2.31. The Morgan fingerprint density at radius 1 is 1.62 bits per heavy atom. The average molecular weight is 185 g/mol. The summed E-state index contributed by atoms with van der Waals surface area (Å²) in [6.45, 7) is 4.98. The van der Waals surface area contributed by atoms with E-state index in [1.165, 1.54) is 14.0 Å². The number of hydrogen-bond donors (Lipinski definition) is 1. The molecule has 0 aromatic rings. The molecule has 0 spiro atoms. The van der Waals surface area contributed by atoms with Gasteiger partial charge < -0.3 is 10.1 Å². The molecule has 0 fully saturated rings. The fourth-order valence-corrected chi connectivity index (χ4v) is 0.885. The third-order valence-electron chi connectivity index (χ3n) is 1.56. The van der Waals surface area contributed by atoms with Crippen LogP contribution < -0.4 is 5.32 Å². The first-order valence-corrected chi connectivity index (χ1v) is 4.06. The van der Waals surface area contributed by atoms with Gasteiger partial charge in [-0.15, -0.1) is 6.58 Å². The SMILES string of the molecule is C=CC(CCC(=O)OC)NC(C)=O. The molecule has 0 radical (unpaired) electrons. The molecular formula is C9H15NO3. The van der Waals surface area contributed by atoms with E-state index in [2.05, 4.69) is 16.6 Å². The second-order valence-electron chi connectivity index (χ2n) is 2.66. The van der Waals surface area contributed by atoms with E-state index in [1.807, 2.05) is 0 Å². The number of ether oxygens (including phenoxy) is 1. The van der Waals surface area contributed by atoms with Crippen molar-refractivity contribution in [1.82, 2.24) is 5.32 Å². The van der Waals surface area contributed by atoms with Crippen molar-refractivity contribution in [3.63, 3.8) is 0 Å². The number of carbonyl (C=O) groups excluding carboxylic acids is 2. The summed E-state index contributed by atoms with van der Waals surface area (Å²) in [5.41, 5.74) is 0. The van der Waals surface area contributed by atoms with Gasteiger partial charge >= 0.3 is 5.97 Å². The lowest BCUT2D eigenvalue weighted by molar-refractivity contribution is -0.141. The topological polar surface area (TPSA) is 55.4 Å². The first-order valence-electron chi connectivity index (χ1n) is 4.06. The van der Waals surface area contributed by atoms with Gasteiger partial charge in [-0.05, 0) is 6.42 Å². The molecule has 1 N–H and O–H groups in total. The second kappa shape index (κ2) is 6.22. The van der Waals surface area contributed by atoms with Gasteiger partial charge in [0.15, 0.2) is 0 Å². The molecule has 0 aliphatic carbocycles. The largest absolute Gasteiger partial charge is 0.469 e. The fraction of sp³-hybridized carbons (Fsp3) is 0.556. The van der Waals surface area contributed by atoms with Gasteiger partial charge in [-0.25, -0.2) is 0 Å². The highest BCUT2D eigenvalue weighted by atomic mass is 16.5. The van der Waals surface area contributed by atoms with Gasteiger partial charge in [-0.2, -0.15) is 0 Å². The van der Waals surface area contributed by atoms with Gasteiger partial charge in [0.2, 0.25) is 5.91 Å². The summed E-state index contributed by atoms with van der Waals surface area (Å²) in [5.74, 6) is -0.410. The molecule has 74 valence electrons. The van der Waals surface area contributed by atoms with E-state index in [4.69, 9.17) is 0 Å². The van der Waals surface area contributed by atoms with Crippen molar-refractivity contribution in [2.75, 3.05) is 7.11 Å². The summed E-state index contributed by atoms with van der Waals surface area (Å²) >= 11 is 0. The summed E-state index contributed by atoms with van der Waals surface area (Å²) < 4.78 is 4.46. The zero-order valence-corrected chi connectivity index (χ0v) is 8.00. The maximum absolute atomic E-state index is 10.7. The number of amides is 1. The van der Waals surface area contributed by atoms with Crippen molar-refractivity contribution in [1.29, 1.82) is 0 Å². The van der Waals surface area contributed by atoms with E-state index in [-0.39, 0.29) is 24.3 Å². The van der Waals surface area contributed by atoms with Crippen LogP contribution in [0.25, 0.3) is 0 Å². The minimum absolute atomic E-state index is 0.130. The smallest absolute Gasteiger partial charge is 0.305 e. The molecule has 0 saturated heterocycles. The zero-order valence-electron chi connectivity index (χ0n) is 8.00. The lowest BCUT2D eigenvalue weighted by atomic mass is 10.1. The summed E-state index contributed by atoms with van der Waals surface area (Å²) in [7, 11) is 1.34. The molecule has 4 nitrogen and oxygen atoms in total. The highest BCUT2D eigenvalue weighted by Gasteiger charge is 2.08. The Morgan fingerprint density at radius 2 is 2.23 bits per heavy atom. The minimum Gasteiger partial charge on any atom is -0.469 e. The third kappa shape index (κ3) is 5.90. The van der Waals surface area contributed by atoms with Gasteiger partial charge in [0, 0.05) is 19.4 Å². The summed E-state index contributed by atoms with van der Waals surface area (Å²) in [6, 6.07) is -0.156. The van der Waals surface area contributed by atoms with Gasteiger partial charge in [0.25, 0.3) is 0 Å². The normalized spacial score (nSPS) is 11.5. The number of esters is 1. The van der Waals surface area contributed by atoms with Crippen LogP contribution in [0.1, 0.15) is 19.8 Å². The molecule has 1 atom stereocenters. The van der Waals surface area contributed by atoms with E-state index in [0.717, 1.165) is 0 Å². The molecule has 0 saturated carbocycles. The zero-order chi connectivity index (χ0) is 10.3. The van der Waals surface area contributed by atoms with Crippen LogP contribution in [-0.4, -0.2) is 25.0 Å². The standard InChI is InChI=1S/C9H15NO3/c1-4-8(10-7(2)11)5-6-9(12)13-3/h4,8H,1,5-6H2,2-3H3,(H,10,11). The highest BCUT2D eigenvalue weighted by Crippen LogP contribution is 1.99. The van der Waals surface area contributed by atoms with Gasteiger partial charge in [0.1, 0.15) is 0 Å². The van der Waals surface area contributed by atoms with Crippen LogP contribution in [0.15, 0.2) is 12.7 Å².